The number of imidazole rings is 1. The van der Waals surface area contributed by atoms with Crippen LogP contribution in [0, 0.1) is 0 Å². The molecule has 5 nitrogen and oxygen atoms in total. The number of carbonyl (C=O) groups excluding carboxylic acids is 1. The molecule has 2 N–H and O–H groups in total. The van der Waals surface area contributed by atoms with E-state index in [2.05, 4.69) is 10.3 Å². The summed E-state index contributed by atoms with van der Waals surface area (Å²) < 4.78 is 1.99. The van der Waals surface area contributed by atoms with Crippen molar-refractivity contribution in [2.75, 3.05) is 6.54 Å². The highest BCUT2D eigenvalue weighted by Crippen LogP contribution is 2.28. The number of nitrogens with one attached hydrogen (secondary N) is 1. The summed E-state index contributed by atoms with van der Waals surface area (Å²) in [4.78, 5) is 19.0. The number of aromatic nitrogens is 2. The molecule has 3 rings (SSSR count). The van der Waals surface area contributed by atoms with E-state index in [1.807, 2.05) is 29.0 Å². The van der Waals surface area contributed by atoms with Crippen molar-refractivity contribution >= 4 is 43.9 Å². The average molecular weight is 309 g/mol. The van der Waals surface area contributed by atoms with Crippen LogP contribution in [0.3, 0.4) is 0 Å². The van der Waals surface area contributed by atoms with Crippen molar-refractivity contribution in [2.45, 2.75) is 25.9 Å². The van der Waals surface area contributed by atoms with Crippen LogP contribution < -0.4 is 5.32 Å². The molecule has 3 heterocycles. The Morgan fingerprint density at radius 2 is 2.45 bits per heavy atom. The Kier molecular flexibility index (Phi) is 3.73. The lowest BCUT2D eigenvalue weighted by Gasteiger charge is -2.09. The number of fused-ring (bicyclic) bond motifs is 3. The lowest BCUT2D eigenvalue weighted by atomic mass is 10.2. The van der Waals surface area contributed by atoms with Gasteiger partial charge in [0.05, 0.1) is 16.5 Å². The fourth-order valence-corrected chi connectivity index (χ4v) is 3.81. The highest BCUT2D eigenvalue weighted by atomic mass is 32.1. The minimum absolute atomic E-state index is 0.146. The van der Waals surface area contributed by atoms with E-state index in [9.17, 15) is 9.90 Å². The van der Waals surface area contributed by atoms with Gasteiger partial charge in [-0.15, -0.1) is 22.7 Å². The number of thiophene rings is 1. The molecule has 106 valence electrons. The lowest BCUT2D eigenvalue weighted by molar-refractivity contribution is 0.0914. The Morgan fingerprint density at radius 1 is 1.60 bits per heavy atom. The van der Waals surface area contributed by atoms with Crippen LogP contribution in [0.1, 0.15) is 29.4 Å². The van der Waals surface area contributed by atoms with Gasteiger partial charge in [0.1, 0.15) is 4.83 Å². The standard InChI is InChI=1S/C13H15N3O2S2/c1-2-3-8(17)7-14-11(18)10-6-9-12(20-10)15-13-16(9)4-5-19-13/h4-6,8,17H,2-3,7H2,1H3,(H,14,18). The van der Waals surface area contributed by atoms with Gasteiger partial charge in [-0.2, -0.15) is 0 Å². The maximum absolute atomic E-state index is 12.0. The van der Waals surface area contributed by atoms with Gasteiger partial charge < -0.3 is 10.4 Å². The van der Waals surface area contributed by atoms with E-state index in [1.54, 1.807) is 11.3 Å². The van der Waals surface area contributed by atoms with Crippen LogP contribution in [0.2, 0.25) is 0 Å². The maximum atomic E-state index is 12.0. The van der Waals surface area contributed by atoms with Gasteiger partial charge in [0, 0.05) is 18.1 Å². The molecule has 0 radical (unpaired) electrons. The predicted molar refractivity (Wildman–Crippen MR) is 81.7 cm³/mol. The van der Waals surface area contributed by atoms with Gasteiger partial charge >= 0.3 is 0 Å². The van der Waals surface area contributed by atoms with Gasteiger partial charge in [-0.1, -0.05) is 13.3 Å². The molecule has 3 aromatic rings. The van der Waals surface area contributed by atoms with Gasteiger partial charge in [-0.25, -0.2) is 4.98 Å². The Morgan fingerprint density at radius 3 is 3.25 bits per heavy atom. The molecule has 0 spiro atoms. The first-order valence-corrected chi connectivity index (χ1v) is 8.20. The molecule has 0 aliphatic carbocycles. The number of thiazole rings is 1. The first kappa shape index (κ1) is 13.5. The highest BCUT2D eigenvalue weighted by molar-refractivity contribution is 7.21. The van der Waals surface area contributed by atoms with Crippen LogP contribution in [-0.2, 0) is 0 Å². The van der Waals surface area contributed by atoms with Crippen molar-refractivity contribution in [3.8, 4) is 0 Å². The Balaban J connectivity index is 1.76. The topological polar surface area (TPSA) is 66.6 Å². The molecular formula is C13H15N3O2S2. The van der Waals surface area contributed by atoms with Crippen LogP contribution >= 0.6 is 22.7 Å². The van der Waals surface area contributed by atoms with Gasteiger partial charge in [0.25, 0.3) is 5.91 Å². The quantitative estimate of drug-likeness (QED) is 0.761. The molecule has 7 heteroatoms. The van der Waals surface area contributed by atoms with Crippen LogP contribution in [-0.4, -0.2) is 33.0 Å². The summed E-state index contributed by atoms with van der Waals surface area (Å²) in [5.41, 5.74) is 0.963. The van der Waals surface area contributed by atoms with E-state index < -0.39 is 6.10 Å². The molecule has 0 bridgehead atoms. The fraction of sp³-hybridized carbons (Fsp3) is 0.385. The third-order valence-corrected chi connectivity index (χ3v) is 4.86. The zero-order chi connectivity index (χ0) is 14.1. The van der Waals surface area contributed by atoms with Crippen molar-refractivity contribution in [3.05, 3.63) is 22.5 Å². The van der Waals surface area contributed by atoms with Crippen LogP contribution in [0.5, 0.6) is 0 Å². The molecule has 1 amide bonds. The number of amides is 1. The van der Waals surface area contributed by atoms with Crippen molar-refractivity contribution in [2.24, 2.45) is 0 Å². The predicted octanol–water partition coefficient (Wildman–Crippen LogP) is 2.50. The van der Waals surface area contributed by atoms with Gasteiger partial charge in [-0.3, -0.25) is 9.20 Å². The highest BCUT2D eigenvalue weighted by Gasteiger charge is 2.15. The first-order chi connectivity index (χ1) is 9.69. The second kappa shape index (κ2) is 5.51. The number of rotatable bonds is 5. The molecule has 0 saturated heterocycles. The summed E-state index contributed by atoms with van der Waals surface area (Å²) in [5, 5.41) is 14.4. The minimum atomic E-state index is -0.474. The number of aliphatic hydroxyl groups is 1. The molecule has 20 heavy (non-hydrogen) atoms. The number of hydrogen-bond acceptors (Lipinski definition) is 5. The van der Waals surface area contributed by atoms with Crippen LogP contribution in [0.25, 0.3) is 15.3 Å². The normalized spacial score (nSPS) is 13.1. The van der Waals surface area contributed by atoms with Crippen molar-refractivity contribution < 1.29 is 9.90 Å². The Bertz CT molecular complexity index is 743. The van der Waals surface area contributed by atoms with Crippen LogP contribution in [0.4, 0.5) is 0 Å². The van der Waals surface area contributed by atoms with Crippen molar-refractivity contribution in [1.29, 1.82) is 0 Å². The molecule has 0 aliphatic heterocycles. The summed E-state index contributed by atoms with van der Waals surface area (Å²) in [7, 11) is 0. The lowest BCUT2D eigenvalue weighted by Crippen LogP contribution is -2.31. The summed E-state index contributed by atoms with van der Waals surface area (Å²) >= 11 is 2.96. The number of nitrogens with zero attached hydrogens (tertiary/aromatic N) is 2. The summed E-state index contributed by atoms with van der Waals surface area (Å²) in [5.74, 6) is -0.146. The second-order valence-electron chi connectivity index (χ2n) is 4.62. The van der Waals surface area contributed by atoms with Gasteiger partial charge in [-0.05, 0) is 12.5 Å². The molecular weight excluding hydrogens is 294 g/mol. The summed E-state index contributed by atoms with van der Waals surface area (Å²) in [6, 6.07) is 1.86. The van der Waals surface area contributed by atoms with Crippen molar-refractivity contribution in [1.82, 2.24) is 14.7 Å². The molecule has 0 fully saturated rings. The summed E-state index contributed by atoms with van der Waals surface area (Å²) in [6.45, 7) is 2.30. The summed E-state index contributed by atoms with van der Waals surface area (Å²) in [6.07, 6.45) is 3.08. The third-order valence-electron chi connectivity index (χ3n) is 3.08. The minimum Gasteiger partial charge on any atom is -0.391 e. The largest absolute Gasteiger partial charge is 0.391 e. The molecule has 0 aliphatic rings. The van der Waals surface area contributed by atoms with Gasteiger partial charge in [0.15, 0.2) is 4.96 Å². The Hall–Kier alpha value is -1.44. The van der Waals surface area contributed by atoms with E-state index in [1.165, 1.54) is 11.3 Å². The molecule has 1 unspecified atom stereocenters. The Labute approximate surface area is 123 Å². The first-order valence-electron chi connectivity index (χ1n) is 6.50. The zero-order valence-corrected chi connectivity index (χ0v) is 12.6. The van der Waals surface area contributed by atoms with E-state index in [0.717, 1.165) is 21.7 Å². The van der Waals surface area contributed by atoms with Crippen LogP contribution in [0.15, 0.2) is 17.6 Å². The van der Waals surface area contributed by atoms with E-state index in [-0.39, 0.29) is 5.91 Å². The molecule has 3 aromatic heterocycles. The fourth-order valence-electron chi connectivity index (χ4n) is 2.09. The van der Waals surface area contributed by atoms with Gasteiger partial charge in [0.2, 0.25) is 0 Å². The molecule has 0 aromatic carbocycles. The van der Waals surface area contributed by atoms with Crippen molar-refractivity contribution in [3.63, 3.8) is 0 Å². The second-order valence-corrected chi connectivity index (χ2v) is 6.52. The molecule has 0 saturated carbocycles. The molecule has 1 atom stereocenters. The van der Waals surface area contributed by atoms with E-state index in [0.29, 0.717) is 17.8 Å². The zero-order valence-electron chi connectivity index (χ0n) is 11.0. The number of carbonyl (C=O) groups is 1. The smallest absolute Gasteiger partial charge is 0.261 e. The number of hydrogen-bond donors (Lipinski definition) is 2. The third kappa shape index (κ3) is 2.44. The number of aliphatic hydroxyl groups excluding tert-OH is 1. The monoisotopic (exact) mass is 309 g/mol. The maximum Gasteiger partial charge on any atom is 0.261 e. The SMILES string of the molecule is CCCC(O)CNC(=O)c1cc2c(nc3sccn32)s1. The van der Waals surface area contributed by atoms with E-state index in [4.69, 9.17) is 0 Å². The average Bonchev–Trinajstić information content (AvgIpc) is 3.07. The van der Waals surface area contributed by atoms with E-state index >= 15 is 0 Å².